The summed E-state index contributed by atoms with van der Waals surface area (Å²) >= 11 is 0. The molecule has 1 fully saturated rings. The standard InChI is InChI=1S/C16H24N4O3.ClH/c1-11-3-6-14(15(9-11)20(22)23)18-7-2-8-19-16(21)12-4-5-13(17)10-12;/h3,6,9,12-13,18H,2,4-5,7-8,10,17H2,1H3,(H,19,21);1H. The summed E-state index contributed by atoms with van der Waals surface area (Å²) in [6, 6.07) is 5.24. The van der Waals surface area contributed by atoms with Crippen molar-refractivity contribution in [3.05, 3.63) is 33.9 Å². The third-order valence-corrected chi connectivity index (χ3v) is 4.16. The number of nitrogens with one attached hydrogen (secondary N) is 2. The number of rotatable bonds is 7. The first-order valence-electron chi connectivity index (χ1n) is 7.99. The molecule has 1 aliphatic carbocycles. The number of hydrogen-bond acceptors (Lipinski definition) is 5. The van der Waals surface area contributed by atoms with Crippen LogP contribution in [0.15, 0.2) is 18.2 Å². The maximum atomic E-state index is 11.9. The number of nitro benzene ring substituents is 1. The zero-order valence-electron chi connectivity index (χ0n) is 13.8. The van der Waals surface area contributed by atoms with Gasteiger partial charge in [-0.25, -0.2) is 0 Å². The molecule has 0 heterocycles. The van der Waals surface area contributed by atoms with Crippen molar-refractivity contribution < 1.29 is 9.72 Å². The first-order valence-corrected chi connectivity index (χ1v) is 7.99. The van der Waals surface area contributed by atoms with Gasteiger partial charge in [-0.3, -0.25) is 14.9 Å². The van der Waals surface area contributed by atoms with Gasteiger partial charge >= 0.3 is 0 Å². The Morgan fingerprint density at radius 1 is 1.38 bits per heavy atom. The SMILES string of the molecule is Cc1ccc(NCCCNC(=O)C2CCC(N)C2)c([N+](=O)[O-])c1.Cl. The van der Waals surface area contributed by atoms with E-state index in [2.05, 4.69) is 10.6 Å². The molecule has 134 valence electrons. The van der Waals surface area contributed by atoms with E-state index in [1.165, 1.54) is 0 Å². The predicted molar refractivity (Wildman–Crippen MR) is 96.5 cm³/mol. The Morgan fingerprint density at radius 3 is 2.75 bits per heavy atom. The summed E-state index contributed by atoms with van der Waals surface area (Å²) in [5, 5.41) is 17.0. The summed E-state index contributed by atoms with van der Waals surface area (Å²) in [6.07, 6.45) is 3.24. The third-order valence-electron chi connectivity index (χ3n) is 4.16. The van der Waals surface area contributed by atoms with Gasteiger partial charge in [0.1, 0.15) is 5.69 Å². The lowest BCUT2D eigenvalue weighted by Gasteiger charge is -2.11. The van der Waals surface area contributed by atoms with E-state index in [-0.39, 0.29) is 40.9 Å². The quantitative estimate of drug-likeness (QED) is 0.394. The Kier molecular flexibility index (Phi) is 7.94. The van der Waals surface area contributed by atoms with Crippen LogP contribution in [0.5, 0.6) is 0 Å². The van der Waals surface area contributed by atoms with Gasteiger partial charge in [-0.05, 0) is 44.2 Å². The van der Waals surface area contributed by atoms with Crippen LogP contribution < -0.4 is 16.4 Å². The molecule has 2 unspecified atom stereocenters. The molecule has 0 aromatic heterocycles. The molecule has 0 aliphatic heterocycles. The van der Waals surface area contributed by atoms with Crippen molar-refractivity contribution in [2.75, 3.05) is 18.4 Å². The average molecular weight is 357 g/mol. The van der Waals surface area contributed by atoms with E-state index in [0.717, 1.165) is 24.8 Å². The Labute approximate surface area is 147 Å². The Balaban J connectivity index is 0.00000288. The Hall–Kier alpha value is -1.86. The minimum atomic E-state index is -0.388. The molecule has 2 rings (SSSR count). The molecule has 0 spiro atoms. The van der Waals surface area contributed by atoms with Crippen LogP contribution in [0.4, 0.5) is 11.4 Å². The highest BCUT2D eigenvalue weighted by Gasteiger charge is 2.27. The van der Waals surface area contributed by atoms with Crippen LogP contribution in [-0.4, -0.2) is 30.0 Å². The van der Waals surface area contributed by atoms with E-state index < -0.39 is 0 Å². The van der Waals surface area contributed by atoms with Crippen LogP contribution in [0.25, 0.3) is 0 Å². The zero-order chi connectivity index (χ0) is 16.8. The molecule has 0 radical (unpaired) electrons. The number of amides is 1. The van der Waals surface area contributed by atoms with E-state index in [1.807, 2.05) is 13.0 Å². The molecule has 0 bridgehead atoms. The van der Waals surface area contributed by atoms with Crippen LogP contribution in [0, 0.1) is 23.0 Å². The molecular formula is C16H25ClN4O3. The van der Waals surface area contributed by atoms with Gasteiger partial charge in [-0.2, -0.15) is 0 Å². The highest BCUT2D eigenvalue weighted by molar-refractivity contribution is 5.85. The van der Waals surface area contributed by atoms with E-state index in [0.29, 0.717) is 25.2 Å². The summed E-state index contributed by atoms with van der Waals surface area (Å²) in [5.41, 5.74) is 7.24. The van der Waals surface area contributed by atoms with Crippen molar-refractivity contribution in [2.24, 2.45) is 11.7 Å². The summed E-state index contributed by atoms with van der Waals surface area (Å²) in [7, 11) is 0. The second-order valence-electron chi connectivity index (χ2n) is 6.12. The number of carbonyl (C=O) groups is 1. The topological polar surface area (TPSA) is 110 Å². The number of benzene rings is 1. The first-order chi connectivity index (χ1) is 11.0. The number of aryl methyl sites for hydroxylation is 1. The monoisotopic (exact) mass is 356 g/mol. The number of halogens is 1. The number of anilines is 1. The van der Waals surface area contributed by atoms with Crippen LogP contribution >= 0.6 is 12.4 Å². The van der Waals surface area contributed by atoms with Crippen LogP contribution in [0.2, 0.25) is 0 Å². The second kappa shape index (κ2) is 9.44. The number of carbonyl (C=O) groups excluding carboxylic acids is 1. The molecule has 1 saturated carbocycles. The maximum Gasteiger partial charge on any atom is 0.292 e. The van der Waals surface area contributed by atoms with Crippen LogP contribution in [0.1, 0.15) is 31.2 Å². The number of hydrogen-bond donors (Lipinski definition) is 3. The molecule has 1 aromatic carbocycles. The smallest absolute Gasteiger partial charge is 0.292 e. The zero-order valence-corrected chi connectivity index (χ0v) is 14.6. The molecule has 1 aliphatic rings. The van der Waals surface area contributed by atoms with Crippen molar-refractivity contribution in [1.82, 2.24) is 5.32 Å². The van der Waals surface area contributed by atoms with Crippen molar-refractivity contribution in [1.29, 1.82) is 0 Å². The highest BCUT2D eigenvalue weighted by atomic mass is 35.5. The van der Waals surface area contributed by atoms with Crippen LogP contribution in [0.3, 0.4) is 0 Å². The molecule has 4 N–H and O–H groups in total. The largest absolute Gasteiger partial charge is 0.379 e. The fraction of sp³-hybridized carbons (Fsp3) is 0.562. The van der Waals surface area contributed by atoms with Gasteiger partial charge < -0.3 is 16.4 Å². The van der Waals surface area contributed by atoms with Gasteiger partial charge in [-0.1, -0.05) is 6.07 Å². The summed E-state index contributed by atoms with van der Waals surface area (Å²) < 4.78 is 0. The average Bonchev–Trinajstić information content (AvgIpc) is 2.94. The van der Waals surface area contributed by atoms with Crippen LogP contribution in [-0.2, 0) is 4.79 Å². The van der Waals surface area contributed by atoms with Gasteiger partial charge in [0.15, 0.2) is 0 Å². The fourth-order valence-electron chi connectivity index (χ4n) is 2.86. The van der Waals surface area contributed by atoms with Crippen molar-refractivity contribution in [3.8, 4) is 0 Å². The normalized spacial score (nSPS) is 19.4. The van der Waals surface area contributed by atoms with Crippen molar-refractivity contribution >= 4 is 29.7 Å². The lowest BCUT2D eigenvalue weighted by atomic mass is 10.1. The molecule has 7 nitrogen and oxygen atoms in total. The van der Waals surface area contributed by atoms with E-state index in [1.54, 1.807) is 12.1 Å². The summed E-state index contributed by atoms with van der Waals surface area (Å²) in [4.78, 5) is 22.6. The molecule has 8 heteroatoms. The maximum absolute atomic E-state index is 11.9. The van der Waals surface area contributed by atoms with Crippen molar-refractivity contribution in [2.45, 2.75) is 38.6 Å². The minimum absolute atomic E-state index is 0. The lowest BCUT2D eigenvalue weighted by molar-refractivity contribution is -0.384. The molecule has 0 saturated heterocycles. The van der Waals surface area contributed by atoms with Crippen molar-refractivity contribution in [3.63, 3.8) is 0 Å². The molecule has 1 amide bonds. The van der Waals surface area contributed by atoms with Gasteiger partial charge in [0.05, 0.1) is 4.92 Å². The fourth-order valence-corrected chi connectivity index (χ4v) is 2.86. The van der Waals surface area contributed by atoms with E-state index in [4.69, 9.17) is 5.73 Å². The Morgan fingerprint density at radius 2 is 2.12 bits per heavy atom. The Bertz CT molecular complexity index is 582. The molecular weight excluding hydrogens is 332 g/mol. The second-order valence-corrected chi connectivity index (χ2v) is 6.12. The van der Waals surface area contributed by atoms with E-state index >= 15 is 0 Å². The third kappa shape index (κ3) is 5.65. The van der Waals surface area contributed by atoms with E-state index in [9.17, 15) is 14.9 Å². The molecule has 24 heavy (non-hydrogen) atoms. The predicted octanol–water partition coefficient (Wildman–Crippen LogP) is 2.37. The first kappa shape index (κ1) is 20.2. The lowest BCUT2D eigenvalue weighted by Crippen LogP contribution is -2.31. The van der Waals surface area contributed by atoms with Gasteiger partial charge in [0, 0.05) is 31.1 Å². The number of nitrogens with zero attached hydrogens (tertiary/aromatic N) is 1. The summed E-state index contributed by atoms with van der Waals surface area (Å²) in [5.74, 6) is 0.107. The number of nitro groups is 1. The highest BCUT2D eigenvalue weighted by Crippen LogP contribution is 2.25. The van der Waals surface area contributed by atoms with Gasteiger partial charge in [0.25, 0.3) is 5.69 Å². The minimum Gasteiger partial charge on any atom is -0.379 e. The molecule has 2 atom stereocenters. The summed E-state index contributed by atoms with van der Waals surface area (Å²) in [6.45, 7) is 2.94. The van der Waals surface area contributed by atoms with Gasteiger partial charge in [0.2, 0.25) is 5.91 Å². The van der Waals surface area contributed by atoms with Gasteiger partial charge in [-0.15, -0.1) is 12.4 Å². The molecule has 1 aromatic rings. The number of nitrogens with two attached hydrogens (primary N) is 1.